The van der Waals surface area contributed by atoms with Gasteiger partial charge in [0.05, 0.1) is 11.7 Å². The van der Waals surface area contributed by atoms with Gasteiger partial charge in [0.1, 0.15) is 5.75 Å². The van der Waals surface area contributed by atoms with E-state index in [1.165, 1.54) is 24.8 Å². The molecule has 1 aromatic rings. The molecule has 3 nitrogen and oxygen atoms in total. The summed E-state index contributed by atoms with van der Waals surface area (Å²) < 4.78 is 11.2. The van der Waals surface area contributed by atoms with E-state index in [-0.39, 0.29) is 11.7 Å². The molecule has 0 radical (unpaired) electrons. The molecule has 0 aliphatic heterocycles. The zero-order valence-electron chi connectivity index (χ0n) is 12.2. The second kappa shape index (κ2) is 6.40. The summed E-state index contributed by atoms with van der Waals surface area (Å²) in [5.41, 5.74) is 1.38. The predicted molar refractivity (Wildman–Crippen MR) is 77.5 cm³/mol. The second-order valence-electron chi connectivity index (χ2n) is 5.65. The van der Waals surface area contributed by atoms with Crippen molar-refractivity contribution >= 4 is 0 Å². The Bertz CT molecular complexity index is 377. The molecule has 1 aliphatic carbocycles. The first-order valence-electron chi connectivity index (χ1n) is 7.15. The zero-order chi connectivity index (χ0) is 13.7. The Labute approximate surface area is 116 Å². The Hall–Kier alpha value is -1.06. The minimum absolute atomic E-state index is 0.0979. The molecule has 3 heteroatoms. The molecule has 0 bridgehead atoms. The van der Waals surface area contributed by atoms with Crippen LogP contribution in [0.2, 0.25) is 0 Å². The lowest BCUT2D eigenvalue weighted by Gasteiger charge is -2.40. The fraction of sp³-hybridized carbons (Fsp3) is 0.625. The summed E-state index contributed by atoms with van der Waals surface area (Å²) in [6.07, 6.45) is 3.87. The SMILES string of the molecule is COC1(CNCc2ccc(OC(C)C)cc2)CCC1. The van der Waals surface area contributed by atoms with Crippen molar-refractivity contribution in [3.63, 3.8) is 0 Å². The van der Waals surface area contributed by atoms with Crippen LogP contribution in [0.25, 0.3) is 0 Å². The number of hydrogen-bond donors (Lipinski definition) is 1. The Kier molecular flexibility index (Phi) is 4.83. The molecule has 0 spiro atoms. The first-order chi connectivity index (χ1) is 9.13. The number of ether oxygens (including phenoxy) is 2. The van der Waals surface area contributed by atoms with Crippen molar-refractivity contribution in [2.45, 2.75) is 51.4 Å². The lowest BCUT2D eigenvalue weighted by atomic mass is 9.80. The van der Waals surface area contributed by atoms with Gasteiger partial charge in [0, 0.05) is 20.2 Å². The average Bonchev–Trinajstić information content (AvgIpc) is 2.34. The van der Waals surface area contributed by atoms with Gasteiger partial charge in [0.25, 0.3) is 0 Å². The van der Waals surface area contributed by atoms with Gasteiger partial charge in [-0.25, -0.2) is 0 Å². The summed E-state index contributed by atoms with van der Waals surface area (Å²) in [6.45, 7) is 5.90. The largest absolute Gasteiger partial charge is 0.491 e. The van der Waals surface area contributed by atoms with E-state index in [9.17, 15) is 0 Å². The molecule has 19 heavy (non-hydrogen) atoms. The van der Waals surface area contributed by atoms with E-state index in [1.807, 2.05) is 33.1 Å². The van der Waals surface area contributed by atoms with E-state index in [0.29, 0.717) is 0 Å². The molecule has 1 N–H and O–H groups in total. The van der Waals surface area contributed by atoms with Crippen LogP contribution in [0.3, 0.4) is 0 Å². The Balaban J connectivity index is 1.76. The van der Waals surface area contributed by atoms with Crippen molar-refractivity contribution in [1.82, 2.24) is 5.32 Å². The first-order valence-corrected chi connectivity index (χ1v) is 7.15. The fourth-order valence-corrected chi connectivity index (χ4v) is 2.42. The van der Waals surface area contributed by atoms with E-state index in [4.69, 9.17) is 9.47 Å². The molecule has 106 valence electrons. The summed E-state index contributed by atoms with van der Waals surface area (Å²) >= 11 is 0. The molecule has 1 aliphatic rings. The van der Waals surface area contributed by atoms with Gasteiger partial charge in [0.2, 0.25) is 0 Å². The summed E-state index contributed by atoms with van der Waals surface area (Å²) in [4.78, 5) is 0. The van der Waals surface area contributed by atoms with Crippen LogP contribution in [0.4, 0.5) is 0 Å². The van der Waals surface area contributed by atoms with Gasteiger partial charge in [-0.2, -0.15) is 0 Å². The van der Waals surface area contributed by atoms with E-state index in [1.54, 1.807) is 0 Å². The van der Waals surface area contributed by atoms with Crippen LogP contribution >= 0.6 is 0 Å². The topological polar surface area (TPSA) is 30.5 Å². The van der Waals surface area contributed by atoms with E-state index < -0.39 is 0 Å². The Morgan fingerprint density at radius 1 is 1.21 bits per heavy atom. The lowest BCUT2D eigenvalue weighted by molar-refractivity contribution is -0.0695. The molecule has 2 rings (SSSR count). The third-order valence-electron chi connectivity index (χ3n) is 3.77. The van der Waals surface area contributed by atoms with Crippen molar-refractivity contribution in [3.8, 4) is 5.75 Å². The second-order valence-corrected chi connectivity index (χ2v) is 5.65. The highest BCUT2D eigenvalue weighted by atomic mass is 16.5. The lowest BCUT2D eigenvalue weighted by Crippen LogP contribution is -2.47. The van der Waals surface area contributed by atoms with Crippen molar-refractivity contribution in [2.75, 3.05) is 13.7 Å². The molecular weight excluding hydrogens is 238 g/mol. The number of hydrogen-bond acceptors (Lipinski definition) is 3. The van der Waals surface area contributed by atoms with Crippen LogP contribution in [0, 0.1) is 0 Å². The molecule has 0 unspecified atom stereocenters. The van der Waals surface area contributed by atoms with Gasteiger partial charge < -0.3 is 14.8 Å². The van der Waals surface area contributed by atoms with Crippen molar-refractivity contribution < 1.29 is 9.47 Å². The van der Waals surface area contributed by atoms with Crippen LogP contribution in [0.5, 0.6) is 5.75 Å². The molecule has 0 aromatic heterocycles. The van der Waals surface area contributed by atoms with Crippen molar-refractivity contribution in [2.24, 2.45) is 0 Å². The number of rotatable bonds is 7. The minimum atomic E-state index is 0.0979. The molecule has 1 fully saturated rings. The quantitative estimate of drug-likeness (QED) is 0.820. The number of benzene rings is 1. The molecule has 1 aromatic carbocycles. The van der Waals surface area contributed by atoms with Gasteiger partial charge in [-0.3, -0.25) is 0 Å². The molecule has 0 amide bonds. The van der Waals surface area contributed by atoms with Gasteiger partial charge in [-0.1, -0.05) is 12.1 Å². The smallest absolute Gasteiger partial charge is 0.119 e. The van der Waals surface area contributed by atoms with E-state index in [2.05, 4.69) is 17.4 Å². The maximum atomic E-state index is 5.63. The maximum absolute atomic E-state index is 5.63. The highest BCUT2D eigenvalue weighted by Crippen LogP contribution is 2.34. The molecule has 0 saturated heterocycles. The van der Waals surface area contributed by atoms with Crippen LogP contribution < -0.4 is 10.1 Å². The highest BCUT2D eigenvalue weighted by Gasteiger charge is 2.36. The number of nitrogens with one attached hydrogen (secondary N) is 1. The normalized spacial score (nSPS) is 17.3. The fourth-order valence-electron chi connectivity index (χ4n) is 2.42. The summed E-state index contributed by atoms with van der Waals surface area (Å²) in [6, 6.07) is 8.30. The van der Waals surface area contributed by atoms with Crippen LogP contribution in [-0.2, 0) is 11.3 Å². The third kappa shape index (κ3) is 3.95. The Morgan fingerprint density at radius 3 is 2.37 bits per heavy atom. The average molecular weight is 263 g/mol. The number of methoxy groups -OCH3 is 1. The molecule has 1 saturated carbocycles. The van der Waals surface area contributed by atoms with E-state index in [0.717, 1.165) is 18.8 Å². The van der Waals surface area contributed by atoms with Gasteiger partial charge in [0.15, 0.2) is 0 Å². The summed E-state index contributed by atoms with van der Waals surface area (Å²) in [5, 5.41) is 3.49. The minimum Gasteiger partial charge on any atom is -0.491 e. The van der Waals surface area contributed by atoms with E-state index >= 15 is 0 Å². The highest BCUT2D eigenvalue weighted by molar-refractivity contribution is 5.27. The van der Waals surface area contributed by atoms with Gasteiger partial charge >= 0.3 is 0 Å². The van der Waals surface area contributed by atoms with Gasteiger partial charge in [-0.05, 0) is 50.8 Å². The van der Waals surface area contributed by atoms with Crippen LogP contribution in [0.15, 0.2) is 24.3 Å². The summed E-state index contributed by atoms with van der Waals surface area (Å²) in [7, 11) is 1.82. The third-order valence-corrected chi connectivity index (χ3v) is 3.77. The Morgan fingerprint density at radius 2 is 1.89 bits per heavy atom. The van der Waals surface area contributed by atoms with Gasteiger partial charge in [-0.15, -0.1) is 0 Å². The maximum Gasteiger partial charge on any atom is 0.119 e. The standard InChI is InChI=1S/C16H25NO2/c1-13(2)19-15-7-5-14(6-8-15)11-17-12-16(18-3)9-4-10-16/h5-8,13,17H,4,9-12H2,1-3H3. The van der Waals surface area contributed by atoms with Crippen LogP contribution in [-0.4, -0.2) is 25.4 Å². The van der Waals surface area contributed by atoms with Crippen molar-refractivity contribution in [1.29, 1.82) is 0 Å². The molecule has 0 atom stereocenters. The van der Waals surface area contributed by atoms with Crippen LogP contribution in [0.1, 0.15) is 38.7 Å². The van der Waals surface area contributed by atoms with Crippen molar-refractivity contribution in [3.05, 3.63) is 29.8 Å². The molecular formula is C16H25NO2. The predicted octanol–water partition coefficient (Wildman–Crippen LogP) is 3.13. The first kappa shape index (κ1) is 14.4. The monoisotopic (exact) mass is 263 g/mol. The summed E-state index contributed by atoms with van der Waals surface area (Å²) in [5.74, 6) is 0.936. The zero-order valence-corrected chi connectivity index (χ0v) is 12.2. The molecule has 0 heterocycles.